The molecule has 1 aliphatic rings. The molecule has 0 bridgehead atoms. The highest BCUT2D eigenvalue weighted by atomic mass is 32.2. The molecule has 1 aromatic carbocycles. The fourth-order valence-corrected chi connectivity index (χ4v) is 4.16. The van der Waals surface area contributed by atoms with Crippen LogP contribution in [-0.2, 0) is 23.0 Å². The maximum absolute atomic E-state index is 13.1. The third-order valence-corrected chi connectivity index (χ3v) is 5.38. The minimum atomic E-state index is -3.64. The van der Waals surface area contributed by atoms with Gasteiger partial charge in [0.25, 0.3) is 0 Å². The first-order valence-electron chi connectivity index (χ1n) is 6.75. The topological polar surface area (TPSA) is 64.0 Å². The zero-order chi connectivity index (χ0) is 15.0. The van der Waals surface area contributed by atoms with Crippen LogP contribution in [0.1, 0.15) is 17.7 Å². The molecular formula is C14H16FN3O2S. The average Bonchev–Trinajstić information content (AvgIpc) is 2.85. The van der Waals surface area contributed by atoms with E-state index in [4.69, 9.17) is 0 Å². The molecule has 1 N–H and O–H groups in total. The normalized spacial score (nSPS) is 18.5. The summed E-state index contributed by atoms with van der Waals surface area (Å²) in [7, 11) is -3.64. The van der Waals surface area contributed by atoms with Gasteiger partial charge >= 0.3 is 0 Å². The Bertz CT molecular complexity index is 770. The number of hydrogen-bond donors (Lipinski definition) is 1. The van der Waals surface area contributed by atoms with Gasteiger partial charge in [0.2, 0.25) is 10.0 Å². The number of aryl methyl sites for hydroxylation is 2. The van der Waals surface area contributed by atoms with E-state index < -0.39 is 15.8 Å². The van der Waals surface area contributed by atoms with Gasteiger partial charge in [-0.25, -0.2) is 17.5 Å². The van der Waals surface area contributed by atoms with Gasteiger partial charge in [0.15, 0.2) is 0 Å². The molecule has 112 valence electrons. The number of rotatable bonds is 3. The first-order valence-corrected chi connectivity index (χ1v) is 8.23. The number of hydrogen-bond acceptors (Lipinski definition) is 3. The molecule has 2 aromatic rings. The van der Waals surface area contributed by atoms with Crippen molar-refractivity contribution in [2.45, 2.75) is 37.2 Å². The third-order valence-electron chi connectivity index (χ3n) is 3.70. The van der Waals surface area contributed by atoms with E-state index in [-0.39, 0.29) is 10.9 Å². The van der Waals surface area contributed by atoms with E-state index in [1.807, 2.05) is 10.7 Å². The molecule has 0 aliphatic carbocycles. The summed E-state index contributed by atoms with van der Waals surface area (Å²) in [5.74, 6) is -0.437. The Hall–Kier alpha value is -1.73. The Morgan fingerprint density at radius 2 is 2.19 bits per heavy atom. The van der Waals surface area contributed by atoms with E-state index >= 15 is 0 Å². The van der Waals surface area contributed by atoms with Crippen molar-refractivity contribution in [2.24, 2.45) is 0 Å². The zero-order valence-corrected chi connectivity index (χ0v) is 12.4. The first kappa shape index (κ1) is 14.2. The second-order valence-corrected chi connectivity index (χ2v) is 6.95. The molecule has 0 radical (unpaired) electrons. The fraction of sp³-hybridized carbons (Fsp3) is 0.357. The van der Waals surface area contributed by atoms with Crippen LogP contribution in [0, 0.1) is 12.7 Å². The lowest BCUT2D eigenvalue weighted by molar-refractivity contribution is 0.414. The van der Waals surface area contributed by atoms with E-state index in [1.165, 1.54) is 12.1 Å². The Morgan fingerprint density at radius 3 is 2.95 bits per heavy atom. The molecule has 1 atom stereocenters. The molecule has 0 saturated heterocycles. The number of aromatic nitrogens is 2. The Balaban J connectivity index is 1.81. The second-order valence-electron chi connectivity index (χ2n) is 5.27. The highest BCUT2D eigenvalue weighted by molar-refractivity contribution is 7.89. The lowest BCUT2D eigenvalue weighted by Crippen LogP contribution is -2.40. The van der Waals surface area contributed by atoms with Crippen LogP contribution >= 0.6 is 0 Å². The lowest BCUT2D eigenvalue weighted by Gasteiger charge is -2.24. The standard InChI is InChI=1S/C14H16FN3O2S/c1-10-8-11(15)2-3-14(10)21(19,20)17-12-5-7-18-13(9-12)4-6-16-18/h2-4,6,8,12,17H,5,7,9H2,1H3/t12-/m0/s1. The largest absolute Gasteiger partial charge is 0.269 e. The summed E-state index contributed by atoms with van der Waals surface area (Å²) in [6.07, 6.45) is 3.02. The van der Waals surface area contributed by atoms with Crippen molar-refractivity contribution in [3.63, 3.8) is 0 Å². The summed E-state index contributed by atoms with van der Waals surface area (Å²) >= 11 is 0. The number of nitrogens with zero attached hydrogens (tertiary/aromatic N) is 2. The van der Waals surface area contributed by atoms with Gasteiger partial charge in [0.05, 0.1) is 4.90 Å². The molecule has 7 heteroatoms. The molecule has 0 unspecified atom stereocenters. The minimum Gasteiger partial charge on any atom is -0.269 e. The fourth-order valence-electron chi connectivity index (χ4n) is 2.67. The molecule has 3 rings (SSSR count). The molecule has 2 heterocycles. The maximum Gasteiger partial charge on any atom is 0.241 e. The second kappa shape index (κ2) is 5.23. The number of benzene rings is 1. The number of fused-ring (bicyclic) bond motifs is 1. The van der Waals surface area contributed by atoms with Crippen molar-refractivity contribution in [1.29, 1.82) is 0 Å². The van der Waals surface area contributed by atoms with Crippen molar-refractivity contribution < 1.29 is 12.8 Å². The van der Waals surface area contributed by atoms with Gasteiger partial charge in [-0.05, 0) is 43.2 Å². The predicted octanol–water partition coefficient (Wildman–Crippen LogP) is 1.62. The molecule has 0 saturated carbocycles. The molecule has 0 fully saturated rings. The summed E-state index contributed by atoms with van der Waals surface area (Å²) in [4.78, 5) is 0.128. The molecule has 0 amide bonds. The van der Waals surface area contributed by atoms with E-state index in [0.717, 1.165) is 11.8 Å². The van der Waals surface area contributed by atoms with Crippen molar-refractivity contribution in [1.82, 2.24) is 14.5 Å². The van der Waals surface area contributed by atoms with Crippen LogP contribution in [0.5, 0.6) is 0 Å². The minimum absolute atomic E-state index is 0.128. The van der Waals surface area contributed by atoms with Gasteiger partial charge < -0.3 is 0 Å². The molecular weight excluding hydrogens is 293 g/mol. The molecule has 5 nitrogen and oxygen atoms in total. The van der Waals surface area contributed by atoms with Gasteiger partial charge in [-0.1, -0.05) is 0 Å². The third kappa shape index (κ3) is 2.84. The lowest BCUT2D eigenvalue weighted by atomic mass is 10.1. The van der Waals surface area contributed by atoms with Crippen LogP contribution in [0.15, 0.2) is 35.4 Å². The van der Waals surface area contributed by atoms with Crippen LogP contribution in [0.2, 0.25) is 0 Å². The number of nitrogens with one attached hydrogen (secondary N) is 1. The summed E-state index contributed by atoms with van der Waals surface area (Å²) < 4.78 is 42.5. The van der Waals surface area contributed by atoms with Gasteiger partial charge in [0.1, 0.15) is 5.82 Å². The average molecular weight is 309 g/mol. The van der Waals surface area contributed by atoms with Gasteiger partial charge in [-0.15, -0.1) is 0 Å². The molecule has 1 aliphatic heterocycles. The van der Waals surface area contributed by atoms with E-state index in [1.54, 1.807) is 13.1 Å². The Kier molecular flexibility index (Phi) is 3.54. The number of halogens is 1. The van der Waals surface area contributed by atoms with Crippen LogP contribution in [0.4, 0.5) is 4.39 Å². The molecule has 21 heavy (non-hydrogen) atoms. The van der Waals surface area contributed by atoms with E-state index in [2.05, 4.69) is 9.82 Å². The highest BCUT2D eigenvalue weighted by Gasteiger charge is 2.25. The van der Waals surface area contributed by atoms with Crippen molar-refractivity contribution >= 4 is 10.0 Å². The van der Waals surface area contributed by atoms with Crippen LogP contribution in [-0.4, -0.2) is 24.2 Å². The van der Waals surface area contributed by atoms with E-state index in [9.17, 15) is 12.8 Å². The first-order chi connectivity index (χ1) is 9.95. The smallest absolute Gasteiger partial charge is 0.241 e. The SMILES string of the molecule is Cc1cc(F)ccc1S(=O)(=O)N[C@H]1CCn2nccc2C1. The Morgan fingerprint density at radius 1 is 1.38 bits per heavy atom. The summed E-state index contributed by atoms with van der Waals surface area (Å²) in [5, 5.41) is 4.17. The van der Waals surface area contributed by atoms with Gasteiger partial charge in [0, 0.05) is 30.9 Å². The van der Waals surface area contributed by atoms with Gasteiger partial charge in [-0.2, -0.15) is 5.10 Å². The Labute approximate surface area is 122 Å². The quantitative estimate of drug-likeness (QED) is 0.937. The summed E-state index contributed by atoms with van der Waals surface area (Å²) in [5.41, 5.74) is 1.42. The van der Waals surface area contributed by atoms with Crippen molar-refractivity contribution in [2.75, 3.05) is 0 Å². The zero-order valence-electron chi connectivity index (χ0n) is 11.6. The highest BCUT2D eigenvalue weighted by Crippen LogP contribution is 2.19. The van der Waals surface area contributed by atoms with Crippen molar-refractivity contribution in [3.05, 3.63) is 47.5 Å². The molecule has 1 aromatic heterocycles. The van der Waals surface area contributed by atoms with Gasteiger partial charge in [-0.3, -0.25) is 4.68 Å². The molecule has 0 spiro atoms. The predicted molar refractivity (Wildman–Crippen MR) is 75.8 cm³/mol. The van der Waals surface area contributed by atoms with Crippen LogP contribution in [0.25, 0.3) is 0 Å². The summed E-state index contributed by atoms with van der Waals surface area (Å²) in [6, 6.07) is 5.43. The van der Waals surface area contributed by atoms with Crippen molar-refractivity contribution in [3.8, 4) is 0 Å². The van der Waals surface area contributed by atoms with Crippen LogP contribution in [0.3, 0.4) is 0 Å². The maximum atomic E-state index is 13.1. The van der Waals surface area contributed by atoms with E-state index in [0.29, 0.717) is 24.9 Å². The van der Waals surface area contributed by atoms with Crippen LogP contribution < -0.4 is 4.72 Å². The summed E-state index contributed by atoms with van der Waals surface area (Å²) in [6.45, 7) is 2.28. The monoisotopic (exact) mass is 309 g/mol. The number of sulfonamides is 1.